The Kier molecular flexibility index (Phi) is 6.74. The van der Waals surface area contributed by atoms with E-state index >= 15 is 0 Å². The zero-order chi connectivity index (χ0) is 23.9. The van der Waals surface area contributed by atoms with Gasteiger partial charge in [-0.1, -0.05) is 54.4 Å². The highest BCUT2D eigenvalue weighted by molar-refractivity contribution is 6.30. The number of carboxylic acid groups (broad SMARTS) is 1. The Hall–Kier alpha value is -2.12. The molecule has 3 N–H and O–H groups in total. The molecule has 0 aromatic heterocycles. The number of likely N-dealkylation sites (tertiary alicyclic amines) is 1. The predicted molar refractivity (Wildman–Crippen MR) is 125 cm³/mol. The maximum absolute atomic E-state index is 13.9. The van der Waals surface area contributed by atoms with Crippen molar-refractivity contribution in [2.75, 3.05) is 0 Å². The number of aliphatic hydroxyl groups excluding tert-OH is 2. The van der Waals surface area contributed by atoms with Crippen LogP contribution in [0.4, 0.5) is 0 Å². The Morgan fingerprint density at radius 3 is 2.33 bits per heavy atom. The summed E-state index contributed by atoms with van der Waals surface area (Å²) in [6.07, 6.45) is -1.31. The molecule has 0 bridgehead atoms. The highest BCUT2D eigenvalue weighted by atomic mass is 35.5. The minimum atomic E-state index is -1.19. The van der Waals surface area contributed by atoms with Crippen molar-refractivity contribution in [3.63, 3.8) is 0 Å². The molecule has 1 aliphatic heterocycles. The summed E-state index contributed by atoms with van der Waals surface area (Å²) < 4.78 is 0. The molecule has 1 aliphatic carbocycles. The quantitative estimate of drug-likeness (QED) is 0.574. The zero-order valence-electron chi connectivity index (χ0n) is 18.2. The van der Waals surface area contributed by atoms with E-state index < -0.39 is 35.7 Å². The molecule has 2 aromatic carbocycles. The van der Waals surface area contributed by atoms with E-state index in [4.69, 9.17) is 23.2 Å². The maximum Gasteiger partial charge on any atom is 0.304 e. The summed E-state index contributed by atoms with van der Waals surface area (Å²) in [5.41, 5.74) is 0.517. The summed E-state index contributed by atoms with van der Waals surface area (Å²) in [5, 5.41) is 31.8. The van der Waals surface area contributed by atoms with Gasteiger partial charge >= 0.3 is 5.97 Å². The van der Waals surface area contributed by atoms with Gasteiger partial charge in [-0.05, 0) is 54.7 Å². The Bertz CT molecular complexity index is 1050. The number of rotatable bonds is 5. The van der Waals surface area contributed by atoms with Gasteiger partial charge in [0.05, 0.1) is 30.0 Å². The van der Waals surface area contributed by atoms with Gasteiger partial charge < -0.3 is 20.2 Å². The van der Waals surface area contributed by atoms with Crippen molar-refractivity contribution in [2.45, 2.75) is 62.8 Å². The molecule has 6 atom stereocenters. The lowest BCUT2D eigenvalue weighted by atomic mass is 9.67. The second kappa shape index (κ2) is 9.26. The number of carboxylic acids is 1. The Balaban J connectivity index is 1.90. The van der Waals surface area contributed by atoms with Crippen LogP contribution in [0.5, 0.6) is 0 Å². The molecule has 4 rings (SSSR count). The fourth-order valence-corrected chi connectivity index (χ4v) is 5.81. The van der Waals surface area contributed by atoms with Crippen molar-refractivity contribution in [1.29, 1.82) is 0 Å². The number of carbonyl (C=O) groups excluding carboxylic acids is 1. The first-order valence-electron chi connectivity index (χ1n) is 11.0. The molecular formula is C25H27Cl2NO5. The summed E-state index contributed by atoms with van der Waals surface area (Å²) in [6, 6.07) is 13.4. The van der Waals surface area contributed by atoms with Gasteiger partial charge in [0.25, 0.3) is 0 Å². The van der Waals surface area contributed by atoms with Gasteiger partial charge in [0.2, 0.25) is 5.91 Å². The van der Waals surface area contributed by atoms with E-state index in [-0.39, 0.29) is 18.2 Å². The molecule has 0 radical (unpaired) electrons. The molecule has 2 aromatic rings. The minimum absolute atomic E-state index is 0.281. The fraction of sp³-hybridized carbons (Fsp3) is 0.440. The monoisotopic (exact) mass is 491 g/mol. The van der Waals surface area contributed by atoms with Gasteiger partial charge in [0.1, 0.15) is 6.10 Å². The van der Waals surface area contributed by atoms with Gasteiger partial charge in [-0.2, -0.15) is 0 Å². The van der Waals surface area contributed by atoms with E-state index in [0.29, 0.717) is 29.3 Å². The van der Waals surface area contributed by atoms with E-state index in [1.165, 1.54) is 0 Å². The number of halogens is 2. The van der Waals surface area contributed by atoms with Crippen molar-refractivity contribution in [3.05, 3.63) is 69.7 Å². The van der Waals surface area contributed by atoms with Crippen molar-refractivity contribution in [3.8, 4) is 0 Å². The predicted octanol–water partition coefficient (Wildman–Crippen LogP) is 4.42. The van der Waals surface area contributed by atoms with Crippen molar-refractivity contribution >= 4 is 35.1 Å². The number of carbonyl (C=O) groups is 2. The summed E-state index contributed by atoms with van der Waals surface area (Å²) in [4.78, 5) is 27.3. The van der Waals surface area contributed by atoms with Crippen LogP contribution in [0.25, 0.3) is 0 Å². The maximum atomic E-state index is 13.9. The third-order valence-electron chi connectivity index (χ3n) is 7.04. The van der Waals surface area contributed by atoms with Crippen LogP contribution < -0.4 is 0 Å². The van der Waals surface area contributed by atoms with Crippen molar-refractivity contribution < 1.29 is 24.9 Å². The van der Waals surface area contributed by atoms with Crippen LogP contribution in [0, 0.1) is 5.41 Å². The number of benzene rings is 2. The summed E-state index contributed by atoms with van der Waals surface area (Å²) in [6.45, 7) is 1.67. The Morgan fingerprint density at radius 1 is 1.06 bits per heavy atom. The molecule has 0 spiro atoms. The number of hydrogen-bond donors (Lipinski definition) is 3. The second-order valence-electron chi connectivity index (χ2n) is 9.41. The topological polar surface area (TPSA) is 98.1 Å². The van der Waals surface area contributed by atoms with E-state index in [1.807, 2.05) is 30.3 Å². The van der Waals surface area contributed by atoms with Gasteiger partial charge in [0.15, 0.2) is 0 Å². The molecular weight excluding hydrogens is 465 g/mol. The molecule has 1 saturated carbocycles. The van der Waals surface area contributed by atoms with Crippen LogP contribution in [0.3, 0.4) is 0 Å². The van der Waals surface area contributed by atoms with Crippen LogP contribution in [-0.2, 0) is 9.59 Å². The summed E-state index contributed by atoms with van der Waals surface area (Å²) >= 11 is 12.4. The van der Waals surface area contributed by atoms with Gasteiger partial charge in [-0.25, -0.2) is 0 Å². The Labute approximate surface area is 202 Å². The van der Waals surface area contributed by atoms with Crippen LogP contribution >= 0.6 is 23.2 Å². The number of nitrogens with zero attached hydrogens (tertiary/aromatic N) is 1. The van der Waals surface area contributed by atoms with Crippen molar-refractivity contribution in [2.24, 2.45) is 5.41 Å². The molecule has 1 amide bonds. The largest absolute Gasteiger partial charge is 0.481 e. The van der Waals surface area contributed by atoms with E-state index in [0.717, 1.165) is 11.1 Å². The van der Waals surface area contributed by atoms with Crippen LogP contribution in [-0.4, -0.2) is 50.3 Å². The normalized spacial score (nSPS) is 32.2. The number of aliphatic hydroxyl groups is 2. The fourth-order valence-electron chi connectivity index (χ4n) is 5.49. The first-order chi connectivity index (χ1) is 15.6. The molecule has 2 fully saturated rings. The number of aliphatic carboxylic acids is 1. The Morgan fingerprint density at radius 2 is 1.76 bits per heavy atom. The standard InChI is InChI=1S/C25H27Cl2NO5/c1-25(13-21(30)31)12-18(15-3-2-4-17(27)11-15)22(14-5-7-16(26)8-6-14)28(24(25)33)19-9-10-20(29)23(19)32/h2-8,11,18-20,22-23,29,32H,9-10,12-13H2,1H3,(H,30,31)/t18-,19+,20-,22-,23+,25-/m1/s1. The molecule has 8 heteroatoms. The van der Waals surface area contributed by atoms with Crippen LogP contribution in [0.2, 0.25) is 10.0 Å². The third kappa shape index (κ3) is 4.62. The van der Waals surface area contributed by atoms with Gasteiger partial charge in [0, 0.05) is 16.0 Å². The van der Waals surface area contributed by atoms with E-state index in [1.54, 1.807) is 30.0 Å². The summed E-state index contributed by atoms with van der Waals surface area (Å²) in [7, 11) is 0. The smallest absolute Gasteiger partial charge is 0.304 e. The van der Waals surface area contributed by atoms with Crippen LogP contribution in [0.1, 0.15) is 55.7 Å². The van der Waals surface area contributed by atoms with Crippen molar-refractivity contribution in [1.82, 2.24) is 4.90 Å². The molecule has 0 unspecified atom stereocenters. The number of hydrogen-bond acceptors (Lipinski definition) is 4. The lowest BCUT2D eigenvalue weighted by Crippen LogP contribution is -2.58. The highest BCUT2D eigenvalue weighted by Crippen LogP contribution is 2.53. The van der Waals surface area contributed by atoms with E-state index in [2.05, 4.69) is 0 Å². The number of amides is 1. The molecule has 1 saturated heterocycles. The average molecular weight is 492 g/mol. The average Bonchev–Trinajstić information content (AvgIpc) is 3.08. The molecule has 1 heterocycles. The SMILES string of the molecule is C[C@]1(CC(=O)O)C[C@H](c2cccc(Cl)c2)[C@@H](c2ccc(Cl)cc2)N([C@H]2CC[C@@H](O)[C@H]2O)C1=O. The molecule has 176 valence electrons. The first-order valence-corrected chi connectivity index (χ1v) is 11.8. The van der Waals surface area contributed by atoms with E-state index in [9.17, 15) is 24.9 Å². The highest BCUT2D eigenvalue weighted by Gasteiger charge is 2.54. The van der Waals surface area contributed by atoms with Gasteiger partial charge in [-0.3, -0.25) is 9.59 Å². The third-order valence-corrected chi connectivity index (χ3v) is 7.52. The van der Waals surface area contributed by atoms with Gasteiger partial charge in [-0.15, -0.1) is 0 Å². The molecule has 6 nitrogen and oxygen atoms in total. The van der Waals surface area contributed by atoms with Crippen LogP contribution in [0.15, 0.2) is 48.5 Å². The lowest BCUT2D eigenvalue weighted by molar-refractivity contribution is -0.163. The molecule has 2 aliphatic rings. The zero-order valence-corrected chi connectivity index (χ0v) is 19.7. The molecule has 33 heavy (non-hydrogen) atoms. The number of piperidine rings is 1. The minimum Gasteiger partial charge on any atom is -0.481 e. The lowest BCUT2D eigenvalue weighted by Gasteiger charge is -2.52. The second-order valence-corrected chi connectivity index (χ2v) is 10.3. The summed E-state index contributed by atoms with van der Waals surface area (Å²) in [5.74, 6) is -1.68. The first kappa shape index (κ1) is 24.0.